The number of aryl methyl sites for hydroxylation is 1. The summed E-state index contributed by atoms with van der Waals surface area (Å²) in [7, 11) is 1.82. The van der Waals surface area contributed by atoms with Gasteiger partial charge in [0, 0.05) is 57.9 Å². The molecule has 8 heteroatoms. The average Bonchev–Trinajstić information content (AvgIpc) is 2.82. The fourth-order valence-corrected chi connectivity index (χ4v) is 2.65. The summed E-state index contributed by atoms with van der Waals surface area (Å²) in [5.41, 5.74) is 0. The van der Waals surface area contributed by atoms with Crippen LogP contribution in [0.3, 0.4) is 0 Å². The Morgan fingerprint density at radius 3 is 2.78 bits per heavy atom. The van der Waals surface area contributed by atoms with Crippen molar-refractivity contribution in [2.75, 3.05) is 42.9 Å². The number of rotatable bonds is 4. The predicted molar refractivity (Wildman–Crippen MR) is 87.1 cm³/mol. The normalized spacial score (nSPS) is 16.1. The zero-order valence-corrected chi connectivity index (χ0v) is 13.2. The fraction of sp³-hybridized carbons (Fsp3) is 0.467. The molecule has 23 heavy (non-hydrogen) atoms. The van der Waals surface area contributed by atoms with E-state index in [-0.39, 0.29) is 5.91 Å². The molecule has 1 N–H and O–H groups in total. The van der Waals surface area contributed by atoms with Gasteiger partial charge in [-0.2, -0.15) is 5.10 Å². The van der Waals surface area contributed by atoms with Crippen LogP contribution >= 0.6 is 0 Å². The van der Waals surface area contributed by atoms with E-state index in [9.17, 15) is 4.79 Å². The van der Waals surface area contributed by atoms with Crippen LogP contribution in [0.25, 0.3) is 0 Å². The van der Waals surface area contributed by atoms with Crippen LogP contribution in [-0.4, -0.2) is 63.3 Å². The van der Waals surface area contributed by atoms with E-state index in [2.05, 4.69) is 30.2 Å². The molecule has 2 aromatic heterocycles. The van der Waals surface area contributed by atoms with Crippen LogP contribution in [0, 0.1) is 0 Å². The number of anilines is 2. The van der Waals surface area contributed by atoms with Gasteiger partial charge in [0.25, 0.3) is 0 Å². The molecule has 122 valence electrons. The molecule has 1 fully saturated rings. The van der Waals surface area contributed by atoms with Gasteiger partial charge in [0.1, 0.15) is 0 Å². The average molecular weight is 315 g/mol. The van der Waals surface area contributed by atoms with Gasteiger partial charge in [-0.15, -0.1) is 0 Å². The van der Waals surface area contributed by atoms with Crippen molar-refractivity contribution >= 4 is 17.7 Å². The number of nitrogens with one attached hydrogen (secondary N) is 1. The Kier molecular flexibility index (Phi) is 4.82. The van der Waals surface area contributed by atoms with E-state index >= 15 is 0 Å². The predicted octanol–water partition coefficient (Wildman–Crippen LogP) is 0.361. The smallest absolute Gasteiger partial charge is 0.239 e. The Bertz CT molecular complexity index is 642. The molecule has 1 aliphatic rings. The second kappa shape index (κ2) is 7.19. The molecule has 0 atom stereocenters. The van der Waals surface area contributed by atoms with Gasteiger partial charge in [0.15, 0.2) is 5.82 Å². The third kappa shape index (κ3) is 4.26. The van der Waals surface area contributed by atoms with Crippen molar-refractivity contribution in [2.45, 2.75) is 6.42 Å². The third-order valence-electron chi connectivity index (χ3n) is 3.77. The van der Waals surface area contributed by atoms with Crippen LogP contribution in [-0.2, 0) is 11.8 Å². The summed E-state index contributed by atoms with van der Waals surface area (Å²) in [5, 5.41) is 6.98. The number of nitrogens with zero attached hydrogens (tertiary/aromatic N) is 6. The van der Waals surface area contributed by atoms with E-state index in [0.29, 0.717) is 12.4 Å². The Labute approximate surface area is 135 Å². The van der Waals surface area contributed by atoms with Crippen molar-refractivity contribution in [1.82, 2.24) is 24.6 Å². The summed E-state index contributed by atoms with van der Waals surface area (Å²) in [6.45, 7) is 3.80. The first-order valence-corrected chi connectivity index (χ1v) is 7.74. The minimum absolute atomic E-state index is 0.0342. The van der Waals surface area contributed by atoms with E-state index in [0.717, 1.165) is 38.5 Å². The fourth-order valence-electron chi connectivity index (χ4n) is 2.65. The molecule has 1 amide bonds. The van der Waals surface area contributed by atoms with Crippen LogP contribution < -0.4 is 10.2 Å². The molecule has 3 heterocycles. The van der Waals surface area contributed by atoms with Crippen molar-refractivity contribution < 1.29 is 4.79 Å². The van der Waals surface area contributed by atoms with Crippen molar-refractivity contribution in [1.29, 1.82) is 0 Å². The Balaban J connectivity index is 1.51. The van der Waals surface area contributed by atoms with Gasteiger partial charge in [-0.3, -0.25) is 14.4 Å². The molecule has 0 aliphatic carbocycles. The molecule has 0 bridgehead atoms. The first kappa shape index (κ1) is 15.4. The molecule has 0 spiro atoms. The van der Waals surface area contributed by atoms with E-state index < -0.39 is 0 Å². The molecule has 0 aromatic carbocycles. The monoisotopic (exact) mass is 315 g/mol. The second-order valence-electron chi connectivity index (χ2n) is 5.59. The van der Waals surface area contributed by atoms with Crippen molar-refractivity contribution in [3.63, 3.8) is 0 Å². The maximum Gasteiger partial charge on any atom is 0.239 e. The highest BCUT2D eigenvalue weighted by Crippen LogP contribution is 2.10. The van der Waals surface area contributed by atoms with Gasteiger partial charge in [-0.1, -0.05) is 0 Å². The number of amides is 1. The molecular weight excluding hydrogens is 294 g/mol. The summed E-state index contributed by atoms with van der Waals surface area (Å²) in [4.78, 5) is 25.0. The van der Waals surface area contributed by atoms with E-state index in [1.807, 2.05) is 13.1 Å². The summed E-state index contributed by atoms with van der Waals surface area (Å²) < 4.78 is 1.67. The van der Waals surface area contributed by atoms with Crippen LogP contribution in [0.2, 0.25) is 0 Å². The number of carbonyl (C=O) groups excluding carboxylic acids is 1. The molecule has 2 aromatic rings. The first-order valence-electron chi connectivity index (χ1n) is 7.74. The van der Waals surface area contributed by atoms with Gasteiger partial charge in [-0.05, 0) is 12.5 Å². The molecule has 8 nitrogen and oxygen atoms in total. The molecule has 0 saturated carbocycles. The standard InChI is InChI=1S/C15H21N7O/c1-20-9-4-13(19-20)18-14(23)12-21-7-3-8-22(11-10-21)15-16-5-2-6-17-15/h2,4-6,9H,3,7-8,10-12H2,1H3,(H,18,19,23). The molecule has 1 saturated heterocycles. The third-order valence-corrected chi connectivity index (χ3v) is 3.77. The van der Waals surface area contributed by atoms with E-state index in [1.54, 1.807) is 29.3 Å². The van der Waals surface area contributed by atoms with Crippen LogP contribution in [0.15, 0.2) is 30.7 Å². The van der Waals surface area contributed by atoms with Crippen molar-refractivity contribution in [3.8, 4) is 0 Å². The molecule has 3 rings (SSSR count). The topological polar surface area (TPSA) is 79.2 Å². The highest BCUT2D eigenvalue weighted by Gasteiger charge is 2.18. The Morgan fingerprint density at radius 2 is 2.04 bits per heavy atom. The highest BCUT2D eigenvalue weighted by atomic mass is 16.2. The maximum atomic E-state index is 12.1. The SMILES string of the molecule is Cn1ccc(NC(=O)CN2CCCN(c3ncccn3)CC2)n1. The molecule has 0 unspecified atom stereocenters. The number of carbonyl (C=O) groups is 1. The molecule has 1 aliphatic heterocycles. The largest absolute Gasteiger partial charge is 0.339 e. The van der Waals surface area contributed by atoms with Crippen LogP contribution in [0.5, 0.6) is 0 Å². The lowest BCUT2D eigenvalue weighted by Crippen LogP contribution is -2.36. The second-order valence-corrected chi connectivity index (χ2v) is 5.59. The van der Waals surface area contributed by atoms with Gasteiger partial charge in [0.05, 0.1) is 6.54 Å². The van der Waals surface area contributed by atoms with Crippen molar-refractivity contribution in [2.24, 2.45) is 7.05 Å². The summed E-state index contributed by atoms with van der Waals surface area (Å²) in [5.74, 6) is 1.31. The number of hydrogen-bond donors (Lipinski definition) is 1. The lowest BCUT2D eigenvalue weighted by molar-refractivity contribution is -0.117. The van der Waals surface area contributed by atoms with Crippen LogP contribution in [0.4, 0.5) is 11.8 Å². The zero-order chi connectivity index (χ0) is 16.1. The van der Waals surface area contributed by atoms with Gasteiger partial charge in [0.2, 0.25) is 11.9 Å². The van der Waals surface area contributed by atoms with Gasteiger partial charge < -0.3 is 10.2 Å². The lowest BCUT2D eigenvalue weighted by atomic mass is 10.4. The Hall–Kier alpha value is -2.48. The summed E-state index contributed by atoms with van der Waals surface area (Å²) in [6.07, 6.45) is 6.30. The van der Waals surface area contributed by atoms with Crippen LogP contribution in [0.1, 0.15) is 6.42 Å². The Morgan fingerprint density at radius 1 is 1.22 bits per heavy atom. The molecule has 0 radical (unpaired) electrons. The quantitative estimate of drug-likeness (QED) is 0.878. The lowest BCUT2D eigenvalue weighted by Gasteiger charge is -2.21. The minimum Gasteiger partial charge on any atom is -0.339 e. The van der Waals surface area contributed by atoms with Gasteiger partial charge in [-0.25, -0.2) is 9.97 Å². The van der Waals surface area contributed by atoms with Crippen molar-refractivity contribution in [3.05, 3.63) is 30.7 Å². The van der Waals surface area contributed by atoms with E-state index in [4.69, 9.17) is 0 Å². The zero-order valence-electron chi connectivity index (χ0n) is 13.2. The highest BCUT2D eigenvalue weighted by molar-refractivity contribution is 5.91. The van der Waals surface area contributed by atoms with E-state index in [1.165, 1.54) is 0 Å². The first-order chi connectivity index (χ1) is 11.2. The minimum atomic E-state index is -0.0342. The number of aromatic nitrogens is 4. The summed E-state index contributed by atoms with van der Waals surface area (Å²) in [6, 6.07) is 3.60. The summed E-state index contributed by atoms with van der Waals surface area (Å²) >= 11 is 0. The molecular formula is C15H21N7O. The number of hydrogen-bond acceptors (Lipinski definition) is 6. The maximum absolute atomic E-state index is 12.1. The van der Waals surface area contributed by atoms with Gasteiger partial charge >= 0.3 is 0 Å².